The molecule has 1 spiro atoms. The van der Waals surface area contributed by atoms with Gasteiger partial charge in [-0.3, -0.25) is 19.8 Å². The van der Waals surface area contributed by atoms with Crippen LogP contribution in [-0.4, -0.2) is 99.3 Å². The van der Waals surface area contributed by atoms with Gasteiger partial charge in [0, 0.05) is 61.8 Å². The highest BCUT2D eigenvalue weighted by Crippen LogP contribution is 2.56. The third-order valence-electron chi connectivity index (χ3n) is 11.7. The molecule has 1 N–H and O–H groups in total. The summed E-state index contributed by atoms with van der Waals surface area (Å²) in [6.07, 6.45) is 8.87. The summed E-state index contributed by atoms with van der Waals surface area (Å²) in [6.45, 7) is 4.95. The molecule has 0 unspecified atom stereocenters. The smallest absolute Gasteiger partial charge is 0.319 e. The van der Waals surface area contributed by atoms with Crippen LogP contribution < -0.4 is 9.64 Å². The van der Waals surface area contributed by atoms with Crippen molar-refractivity contribution in [1.82, 2.24) is 30.0 Å². The number of piperidine rings is 1. The van der Waals surface area contributed by atoms with E-state index in [4.69, 9.17) is 40.8 Å². The maximum absolute atomic E-state index is 17.2. The van der Waals surface area contributed by atoms with Crippen LogP contribution in [0.4, 0.5) is 14.6 Å². The highest BCUT2D eigenvalue weighted by Gasteiger charge is 2.58. The van der Waals surface area contributed by atoms with Crippen molar-refractivity contribution in [3.8, 4) is 17.3 Å². The molecule has 4 aromatic rings. The third kappa shape index (κ3) is 5.30. The Hall–Kier alpha value is -3.68. The van der Waals surface area contributed by atoms with Crippen LogP contribution in [0.3, 0.4) is 0 Å². The molecule has 1 aromatic carbocycles. The molecule has 2 atom stereocenters. The van der Waals surface area contributed by atoms with Crippen molar-refractivity contribution in [2.45, 2.75) is 82.0 Å². The lowest BCUT2D eigenvalue weighted by Gasteiger charge is -2.58. The Kier molecular flexibility index (Phi) is 7.70. The molecule has 0 amide bonds. The normalized spacial score (nSPS) is 29.6. The molecule has 1 aliphatic carbocycles. The van der Waals surface area contributed by atoms with Gasteiger partial charge in [-0.05, 0) is 75.0 Å². The third-order valence-corrected chi connectivity index (χ3v) is 12.0. The van der Waals surface area contributed by atoms with Crippen molar-refractivity contribution < 1.29 is 27.8 Å². The molecule has 3 saturated heterocycles. The molecule has 7 aliphatic rings. The summed E-state index contributed by atoms with van der Waals surface area (Å²) in [5.41, 5.74) is 0.899. The van der Waals surface area contributed by atoms with Gasteiger partial charge in [0.25, 0.3) is 0 Å². The lowest BCUT2D eigenvalue weighted by molar-refractivity contribution is -0.205. The van der Waals surface area contributed by atoms with Gasteiger partial charge in [-0.1, -0.05) is 11.6 Å². The number of benzene rings is 1. The van der Waals surface area contributed by atoms with E-state index in [0.717, 1.165) is 37.8 Å². The minimum atomic E-state index is -0.905. The number of anilines is 1. The van der Waals surface area contributed by atoms with Gasteiger partial charge in [0.05, 0.1) is 29.2 Å². The second-order valence-corrected chi connectivity index (χ2v) is 15.6. The zero-order chi connectivity index (χ0) is 34.3. The number of halogens is 3. The van der Waals surface area contributed by atoms with Gasteiger partial charge in [-0.25, -0.2) is 8.78 Å². The number of ether oxygens (including phenoxy) is 3. The Morgan fingerprint density at radius 2 is 2.02 bits per heavy atom. The molecule has 264 valence electrons. The van der Waals surface area contributed by atoms with Crippen molar-refractivity contribution in [2.24, 2.45) is 5.41 Å². The first-order valence-corrected chi connectivity index (χ1v) is 18.1. The maximum Gasteiger partial charge on any atom is 0.319 e. The molecular weight excluding hydrogens is 668 g/mol. The van der Waals surface area contributed by atoms with E-state index >= 15 is 4.39 Å². The Balaban J connectivity index is 1.19. The summed E-state index contributed by atoms with van der Waals surface area (Å²) in [5.74, 6) is -0.380. The van der Waals surface area contributed by atoms with Gasteiger partial charge in [0.2, 0.25) is 0 Å². The first-order valence-electron chi connectivity index (χ1n) is 17.7. The minimum Gasteiger partial charge on any atom is -0.461 e. The molecular formula is C36H40ClF2N7O4. The zero-order valence-corrected chi connectivity index (χ0v) is 28.8. The van der Waals surface area contributed by atoms with E-state index in [9.17, 15) is 9.18 Å². The molecule has 1 saturated carbocycles. The number of rotatable bonds is 4. The lowest BCUT2D eigenvalue weighted by atomic mass is 9.56. The summed E-state index contributed by atoms with van der Waals surface area (Å²) in [4.78, 5) is 31.0. The number of hydrogen-bond acceptors (Lipinski definition) is 10. The van der Waals surface area contributed by atoms with Gasteiger partial charge in [0.15, 0.2) is 5.82 Å². The number of carbonyl (C=O) groups is 1. The number of hydrogen-bond donors (Lipinski definition) is 1. The Morgan fingerprint density at radius 1 is 1.16 bits per heavy atom. The molecule has 3 aromatic heterocycles. The van der Waals surface area contributed by atoms with Crippen molar-refractivity contribution in [3.05, 3.63) is 34.9 Å². The van der Waals surface area contributed by atoms with Crippen molar-refractivity contribution >= 4 is 45.2 Å². The van der Waals surface area contributed by atoms with E-state index in [0.29, 0.717) is 97.6 Å². The van der Waals surface area contributed by atoms with Crippen LogP contribution in [0.2, 0.25) is 5.02 Å². The number of carbonyl (C=O) groups excluding carboxylic acids is 1. The topological polar surface area (TPSA) is 119 Å². The van der Waals surface area contributed by atoms with Crippen LogP contribution in [-0.2, 0) is 20.7 Å². The van der Waals surface area contributed by atoms with E-state index in [1.165, 1.54) is 6.92 Å². The van der Waals surface area contributed by atoms with E-state index in [2.05, 4.69) is 20.0 Å². The highest BCUT2D eigenvalue weighted by molar-refractivity contribution is 6.33. The van der Waals surface area contributed by atoms with Crippen molar-refractivity contribution in [2.75, 3.05) is 50.9 Å². The maximum atomic E-state index is 17.2. The SMILES string of the molecule is CC(=O)OC12COCCCc3c(Cl)cc4[nH]ncc4c3-c3ncc4c(nc(OC[C@@]56CCCN5C[C@H](F)C6)nc4c3F)N3CCCC(C3)(C1)C2. The lowest BCUT2D eigenvalue weighted by Crippen LogP contribution is -2.62. The van der Waals surface area contributed by atoms with E-state index < -0.39 is 23.1 Å². The van der Waals surface area contributed by atoms with Crippen LogP contribution in [0.25, 0.3) is 33.1 Å². The summed E-state index contributed by atoms with van der Waals surface area (Å²) in [7, 11) is 0. The molecule has 50 heavy (non-hydrogen) atoms. The van der Waals surface area contributed by atoms with Crippen molar-refractivity contribution in [1.29, 1.82) is 0 Å². The minimum absolute atomic E-state index is 0.0562. The number of fused-ring (bicyclic) bond motifs is 2. The average molecular weight is 708 g/mol. The van der Waals surface area contributed by atoms with E-state index in [1.807, 2.05) is 0 Å². The largest absolute Gasteiger partial charge is 0.461 e. The number of esters is 1. The Bertz CT molecular complexity index is 2000. The average Bonchev–Trinajstić information content (AvgIpc) is 3.77. The number of pyridine rings is 1. The second-order valence-electron chi connectivity index (χ2n) is 15.2. The fraction of sp³-hybridized carbons (Fsp3) is 0.583. The number of aromatic amines is 1. The number of nitrogens with one attached hydrogen (secondary N) is 1. The summed E-state index contributed by atoms with van der Waals surface area (Å²) in [5, 5.41) is 8.82. The number of H-pyrrole nitrogens is 1. The fourth-order valence-electron chi connectivity index (χ4n) is 9.88. The Labute approximate surface area is 293 Å². The van der Waals surface area contributed by atoms with E-state index in [-0.39, 0.29) is 35.2 Å². The molecule has 6 aliphatic heterocycles. The van der Waals surface area contributed by atoms with Crippen LogP contribution in [0.5, 0.6) is 6.01 Å². The molecule has 0 radical (unpaired) electrons. The first kappa shape index (κ1) is 32.2. The number of alkyl halides is 1. The molecule has 14 heteroatoms. The van der Waals surface area contributed by atoms with Crippen LogP contribution >= 0.6 is 11.6 Å². The first-order chi connectivity index (χ1) is 24.2. The second kappa shape index (κ2) is 11.9. The van der Waals surface area contributed by atoms with Gasteiger partial charge in [0.1, 0.15) is 35.4 Å². The van der Waals surface area contributed by atoms with Gasteiger partial charge in [-0.2, -0.15) is 15.1 Å². The molecule has 4 fully saturated rings. The summed E-state index contributed by atoms with van der Waals surface area (Å²) >= 11 is 6.88. The van der Waals surface area contributed by atoms with E-state index in [1.54, 1.807) is 18.5 Å². The molecule has 11 nitrogen and oxygen atoms in total. The highest BCUT2D eigenvalue weighted by atomic mass is 35.5. The van der Waals surface area contributed by atoms with Crippen LogP contribution in [0.15, 0.2) is 18.5 Å². The number of nitrogens with zero attached hydrogens (tertiary/aromatic N) is 6. The van der Waals surface area contributed by atoms with Crippen LogP contribution in [0, 0.1) is 11.2 Å². The van der Waals surface area contributed by atoms with Gasteiger partial charge in [-0.15, -0.1) is 0 Å². The summed E-state index contributed by atoms with van der Waals surface area (Å²) in [6, 6.07) is 1.85. The van der Waals surface area contributed by atoms with Gasteiger partial charge < -0.3 is 19.1 Å². The fourth-order valence-corrected chi connectivity index (χ4v) is 10.2. The quantitative estimate of drug-likeness (QED) is 0.255. The van der Waals surface area contributed by atoms with Crippen molar-refractivity contribution in [3.63, 3.8) is 0 Å². The predicted octanol–water partition coefficient (Wildman–Crippen LogP) is 5.96. The Morgan fingerprint density at radius 3 is 2.88 bits per heavy atom. The standard InChI is InChI=1S/C36H40ClF2N7O4/c1-21(47)50-36-16-34(17-36)6-3-8-45(18-34)32-25-13-40-31(28-23(5-2-10-48-20-36)26(37)11-27-24(28)14-41-44-27)29(39)30(25)42-33(43-32)49-19-35-7-4-9-46(35)15-22(38)12-35/h11,13-14,22H,2-10,12,15-20H2,1H3,(H,41,44)/t22-,34?,35+,36?/m1/s1. The van der Waals surface area contributed by atoms with Crippen LogP contribution in [0.1, 0.15) is 63.9 Å². The van der Waals surface area contributed by atoms with Gasteiger partial charge >= 0.3 is 12.0 Å². The molecule has 7 bridgehead atoms. The number of aromatic nitrogens is 5. The molecule has 9 heterocycles. The predicted molar refractivity (Wildman–Crippen MR) is 183 cm³/mol. The monoisotopic (exact) mass is 707 g/mol. The summed E-state index contributed by atoms with van der Waals surface area (Å²) < 4.78 is 50.3. The zero-order valence-electron chi connectivity index (χ0n) is 28.1. The molecule has 11 rings (SSSR count).